The van der Waals surface area contributed by atoms with Crippen molar-refractivity contribution in [3.63, 3.8) is 0 Å². The Labute approximate surface area is 119 Å². The minimum atomic E-state index is 0.248. The van der Waals surface area contributed by atoms with E-state index in [-0.39, 0.29) is 6.61 Å². The number of carbonyl (C=O) groups is 1. The van der Waals surface area contributed by atoms with Gasteiger partial charge in [0.1, 0.15) is 12.4 Å². The van der Waals surface area contributed by atoms with Crippen LogP contribution in [0.1, 0.15) is 17.5 Å². The summed E-state index contributed by atoms with van der Waals surface area (Å²) < 4.78 is 10.5. The Bertz CT molecular complexity index is 523. The van der Waals surface area contributed by atoms with Gasteiger partial charge in [0.2, 0.25) is 0 Å². The highest BCUT2D eigenvalue weighted by molar-refractivity contribution is 5.39. The smallest absolute Gasteiger partial charge is 0.293 e. The van der Waals surface area contributed by atoms with E-state index in [0.717, 1.165) is 24.2 Å². The zero-order valence-corrected chi connectivity index (χ0v) is 11.3. The molecule has 0 fully saturated rings. The summed E-state index contributed by atoms with van der Waals surface area (Å²) in [6.07, 6.45) is 1.95. The van der Waals surface area contributed by atoms with Crippen molar-refractivity contribution in [2.24, 2.45) is 0 Å². The highest BCUT2D eigenvalue weighted by Crippen LogP contribution is 2.19. The molecule has 2 rings (SSSR count). The average molecular weight is 270 g/mol. The fourth-order valence-electron chi connectivity index (χ4n) is 1.99. The van der Waals surface area contributed by atoms with Crippen molar-refractivity contribution in [3.8, 4) is 5.75 Å². The van der Waals surface area contributed by atoms with Gasteiger partial charge in [-0.05, 0) is 24.5 Å². The standard InChI is InChI=1S/C17H18O3/c18-14-19-13-16-10-4-5-11-17(16)20-12-6-9-15-7-2-1-3-8-15/h1-5,7-8,10-11,14H,6,9,12-13H2. The van der Waals surface area contributed by atoms with Crippen LogP contribution in [0.4, 0.5) is 0 Å². The Kier molecular flexibility index (Phi) is 5.65. The van der Waals surface area contributed by atoms with E-state index in [0.29, 0.717) is 13.1 Å². The average Bonchev–Trinajstić information content (AvgIpc) is 2.51. The first-order valence-corrected chi connectivity index (χ1v) is 6.70. The number of rotatable bonds is 8. The molecule has 104 valence electrons. The van der Waals surface area contributed by atoms with Crippen molar-refractivity contribution in [2.75, 3.05) is 6.61 Å². The molecule has 2 aromatic rings. The summed E-state index contributed by atoms with van der Waals surface area (Å²) in [7, 11) is 0. The summed E-state index contributed by atoms with van der Waals surface area (Å²) in [6.45, 7) is 1.34. The first kappa shape index (κ1) is 14.1. The number of para-hydroxylation sites is 1. The molecular weight excluding hydrogens is 252 g/mol. The van der Waals surface area contributed by atoms with Crippen LogP contribution < -0.4 is 4.74 Å². The van der Waals surface area contributed by atoms with Crippen LogP contribution in [0, 0.1) is 0 Å². The lowest BCUT2D eigenvalue weighted by molar-refractivity contribution is -0.129. The molecule has 3 heteroatoms. The van der Waals surface area contributed by atoms with Crippen LogP contribution in [0.15, 0.2) is 54.6 Å². The first-order valence-electron chi connectivity index (χ1n) is 6.70. The van der Waals surface area contributed by atoms with Crippen LogP contribution in [-0.2, 0) is 22.6 Å². The third-order valence-electron chi connectivity index (χ3n) is 2.99. The van der Waals surface area contributed by atoms with Crippen molar-refractivity contribution in [1.29, 1.82) is 0 Å². The summed E-state index contributed by atoms with van der Waals surface area (Å²) in [4.78, 5) is 10.2. The third kappa shape index (κ3) is 4.43. The van der Waals surface area contributed by atoms with Gasteiger partial charge >= 0.3 is 0 Å². The van der Waals surface area contributed by atoms with E-state index in [1.54, 1.807) is 0 Å². The molecule has 0 aliphatic rings. The topological polar surface area (TPSA) is 35.5 Å². The molecule has 0 radical (unpaired) electrons. The Morgan fingerprint density at radius 1 is 0.950 bits per heavy atom. The minimum absolute atomic E-state index is 0.248. The highest BCUT2D eigenvalue weighted by atomic mass is 16.5. The quantitative estimate of drug-likeness (QED) is 0.545. The summed E-state index contributed by atoms with van der Waals surface area (Å²) >= 11 is 0. The second kappa shape index (κ2) is 8.00. The molecule has 0 amide bonds. The summed E-state index contributed by atoms with van der Waals surface area (Å²) in [6, 6.07) is 17.9. The largest absolute Gasteiger partial charge is 0.493 e. The summed E-state index contributed by atoms with van der Waals surface area (Å²) in [5.41, 5.74) is 2.20. The molecule has 20 heavy (non-hydrogen) atoms. The number of hydrogen-bond donors (Lipinski definition) is 0. The van der Waals surface area contributed by atoms with Crippen molar-refractivity contribution < 1.29 is 14.3 Å². The third-order valence-corrected chi connectivity index (χ3v) is 2.99. The predicted octanol–water partition coefficient (Wildman–Crippen LogP) is 3.37. The van der Waals surface area contributed by atoms with Gasteiger partial charge in [0, 0.05) is 5.56 Å². The Morgan fingerprint density at radius 3 is 2.50 bits per heavy atom. The molecule has 0 atom stereocenters. The van der Waals surface area contributed by atoms with Crippen LogP contribution in [0.2, 0.25) is 0 Å². The monoisotopic (exact) mass is 270 g/mol. The van der Waals surface area contributed by atoms with Gasteiger partial charge < -0.3 is 9.47 Å². The predicted molar refractivity (Wildman–Crippen MR) is 77.6 cm³/mol. The van der Waals surface area contributed by atoms with Crippen LogP contribution in [0.5, 0.6) is 5.75 Å². The maximum Gasteiger partial charge on any atom is 0.293 e. The minimum Gasteiger partial charge on any atom is -0.493 e. The number of carbonyl (C=O) groups excluding carboxylic acids is 1. The first-order chi connectivity index (χ1) is 9.90. The maximum absolute atomic E-state index is 10.2. The fourth-order valence-corrected chi connectivity index (χ4v) is 1.99. The molecule has 0 heterocycles. The van der Waals surface area contributed by atoms with Gasteiger partial charge in [0.25, 0.3) is 6.47 Å². The molecule has 0 N–H and O–H groups in total. The van der Waals surface area contributed by atoms with Gasteiger partial charge in [-0.2, -0.15) is 0 Å². The molecule has 0 aliphatic heterocycles. The lowest BCUT2D eigenvalue weighted by Gasteiger charge is -2.10. The van der Waals surface area contributed by atoms with E-state index < -0.39 is 0 Å². The Hall–Kier alpha value is -2.29. The number of ether oxygens (including phenoxy) is 2. The van der Waals surface area contributed by atoms with E-state index >= 15 is 0 Å². The van der Waals surface area contributed by atoms with Crippen molar-refractivity contribution in [3.05, 3.63) is 65.7 Å². The second-order valence-electron chi connectivity index (χ2n) is 4.45. The van der Waals surface area contributed by atoms with Gasteiger partial charge in [-0.1, -0.05) is 48.5 Å². The van der Waals surface area contributed by atoms with Crippen LogP contribution >= 0.6 is 0 Å². The Morgan fingerprint density at radius 2 is 1.70 bits per heavy atom. The molecule has 0 aliphatic carbocycles. The molecule has 0 saturated heterocycles. The SMILES string of the molecule is O=COCc1ccccc1OCCCc1ccccc1. The van der Waals surface area contributed by atoms with E-state index in [4.69, 9.17) is 9.47 Å². The number of benzene rings is 2. The fraction of sp³-hybridized carbons (Fsp3) is 0.235. The molecule has 0 spiro atoms. The molecule has 3 nitrogen and oxygen atoms in total. The molecule has 0 bridgehead atoms. The zero-order valence-electron chi connectivity index (χ0n) is 11.3. The normalized spacial score (nSPS) is 10.0. The lowest BCUT2D eigenvalue weighted by Crippen LogP contribution is -2.02. The molecule has 0 unspecified atom stereocenters. The summed E-state index contributed by atoms with van der Waals surface area (Å²) in [5, 5.41) is 0. The Balaban J connectivity index is 1.80. The van der Waals surface area contributed by atoms with E-state index in [1.165, 1.54) is 5.56 Å². The molecule has 0 saturated carbocycles. The van der Waals surface area contributed by atoms with Gasteiger partial charge in [-0.25, -0.2) is 0 Å². The summed E-state index contributed by atoms with van der Waals surface area (Å²) in [5.74, 6) is 0.780. The zero-order chi connectivity index (χ0) is 14.0. The lowest BCUT2D eigenvalue weighted by atomic mass is 10.1. The van der Waals surface area contributed by atoms with Gasteiger partial charge in [0.15, 0.2) is 0 Å². The van der Waals surface area contributed by atoms with Gasteiger partial charge in [-0.3, -0.25) is 4.79 Å². The van der Waals surface area contributed by atoms with E-state index in [9.17, 15) is 4.79 Å². The van der Waals surface area contributed by atoms with E-state index in [1.807, 2.05) is 42.5 Å². The van der Waals surface area contributed by atoms with Gasteiger partial charge in [0.05, 0.1) is 6.61 Å². The van der Waals surface area contributed by atoms with Crippen LogP contribution in [0.3, 0.4) is 0 Å². The van der Waals surface area contributed by atoms with Crippen molar-refractivity contribution >= 4 is 6.47 Å². The van der Waals surface area contributed by atoms with Gasteiger partial charge in [-0.15, -0.1) is 0 Å². The molecular formula is C17H18O3. The number of hydrogen-bond acceptors (Lipinski definition) is 3. The number of aryl methyl sites for hydroxylation is 1. The second-order valence-corrected chi connectivity index (χ2v) is 4.45. The maximum atomic E-state index is 10.2. The highest BCUT2D eigenvalue weighted by Gasteiger charge is 2.03. The van der Waals surface area contributed by atoms with E-state index in [2.05, 4.69) is 12.1 Å². The van der Waals surface area contributed by atoms with Crippen molar-refractivity contribution in [1.82, 2.24) is 0 Å². The van der Waals surface area contributed by atoms with Crippen molar-refractivity contribution in [2.45, 2.75) is 19.4 Å². The molecule has 2 aromatic carbocycles. The van der Waals surface area contributed by atoms with Crippen LogP contribution in [-0.4, -0.2) is 13.1 Å². The van der Waals surface area contributed by atoms with Crippen LogP contribution in [0.25, 0.3) is 0 Å². The molecule has 0 aromatic heterocycles.